The summed E-state index contributed by atoms with van der Waals surface area (Å²) in [6, 6.07) is 27.3. The number of anilines is 2. The molecule has 0 atom stereocenters. The lowest BCUT2D eigenvalue weighted by molar-refractivity contribution is 0.214. The number of H-pyrrole nitrogens is 1. The normalized spacial score (nSPS) is 13.6. The van der Waals surface area contributed by atoms with E-state index in [1.807, 2.05) is 84.9 Å². The third-order valence-corrected chi connectivity index (χ3v) is 6.78. The van der Waals surface area contributed by atoms with Crippen LogP contribution < -0.4 is 20.1 Å². The molecule has 6 rings (SSSR count). The Hall–Kier alpha value is -4.73. The number of ether oxygens (including phenoxy) is 2. The minimum atomic E-state index is 0.493. The molecule has 208 valence electrons. The second-order valence-corrected chi connectivity index (χ2v) is 9.80. The van der Waals surface area contributed by atoms with Crippen LogP contribution in [0.5, 0.6) is 17.2 Å². The molecule has 0 bridgehead atoms. The van der Waals surface area contributed by atoms with Crippen molar-refractivity contribution in [2.75, 3.05) is 44.6 Å². The van der Waals surface area contributed by atoms with Gasteiger partial charge in [-0.25, -0.2) is 15.0 Å². The summed E-state index contributed by atoms with van der Waals surface area (Å²) in [5.41, 5.74) is 3.31. The molecule has 5 aromatic rings. The van der Waals surface area contributed by atoms with Crippen LogP contribution in [0.2, 0.25) is 0 Å². The monoisotopic (exact) mass is 547 g/mol. The zero-order chi connectivity index (χ0) is 27.7. The van der Waals surface area contributed by atoms with Crippen molar-refractivity contribution in [2.24, 2.45) is 0 Å². The summed E-state index contributed by atoms with van der Waals surface area (Å²) in [5, 5.41) is 6.68. The van der Waals surface area contributed by atoms with Gasteiger partial charge < -0.3 is 30.0 Å². The Balaban J connectivity index is 1.08. The van der Waals surface area contributed by atoms with Gasteiger partial charge in [-0.3, -0.25) is 0 Å². The largest absolute Gasteiger partial charge is 0.493 e. The van der Waals surface area contributed by atoms with E-state index >= 15 is 0 Å². The van der Waals surface area contributed by atoms with Crippen LogP contribution in [0.3, 0.4) is 0 Å². The third-order valence-electron chi connectivity index (χ3n) is 6.78. The van der Waals surface area contributed by atoms with E-state index < -0.39 is 0 Å². The molecule has 1 saturated heterocycles. The summed E-state index contributed by atoms with van der Waals surface area (Å²) < 4.78 is 12.0. The van der Waals surface area contributed by atoms with Crippen molar-refractivity contribution < 1.29 is 9.47 Å². The molecular formula is C32H33N7O2. The van der Waals surface area contributed by atoms with E-state index in [1.165, 1.54) is 0 Å². The third kappa shape index (κ3) is 7.27. The molecule has 41 heavy (non-hydrogen) atoms. The van der Waals surface area contributed by atoms with E-state index in [4.69, 9.17) is 14.5 Å². The fourth-order valence-corrected chi connectivity index (χ4v) is 4.70. The predicted octanol–water partition coefficient (Wildman–Crippen LogP) is 5.74. The number of benzene rings is 3. The van der Waals surface area contributed by atoms with Gasteiger partial charge in [0.25, 0.3) is 0 Å². The average Bonchev–Trinajstić information content (AvgIpc) is 3.52. The molecule has 1 aliphatic rings. The van der Waals surface area contributed by atoms with E-state index in [2.05, 4.69) is 30.5 Å². The topological polar surface area (TPSA) is 100 Å². The fourth-order valence-electron chi connectivity index (χ4n) is 4.70. The number of nitrogens with one attached hydrogen (secondary N) is 3. The van der Waals surface area contributed by atoms with Gasteiger partial charge in [-0.05, 0) is 48.9 Å². The maximum atomic E-state index is 6.01. The Labute approximate surface area is 239 Å². The lowest BCUT2D eigenvalue weighted by atomic mass is 10.2. The summed E-state index contributed by atoms with van der Waals surface area (Å²) in [7, 11) is 0. The average molecular weight is 548 g/mol. The number of aromatic amines is 1. The van der Waals surface area contributed by atoms with Crippen LogP contribution in [0.1, 0.15) is 6.42 Å². The van der Waals surface area contributed by atoms with E-state index in [1.54, 1.807) is 12.4 Å². The standard InChI is InChI=1S/C32H33N7O2/c1-2-9-26(10-3-1)41-28-12-4-7-24(21-28)31-35-23-30(37-31)29-13-14-34-32(38-29)36-25-8-5-11-27(22-25)40-20-6-17-39-18-15-33-16-19-39/h1-5,7-14,21-23,33H,6,15-20H2,(H,35,37)(H,34,36,38). The molecule has 1 fully saturated rings. The molecule has 0 amide bonds. The maximum Gasteiger partial charge on any atom is 0.227 e. The van der Waals surface area contributed by atoms with Gasteiger partial charge in [0.1, 0.15) is 23.1 Å². The maximum absolute atomic E-state index is 6.01. The number of hydrogen-bond donors (Lipinski definition) is 3. The number of aromatic nitrogens is 4. The first-order valence-corrected chi connectivity index (χ1v) is 13.9. The second kappa shape index (κ2) is 13.1. The Morgan fingerprint density at radius 3 is 2.56 bits per heavy atom. The van der Waals surface area contributed by atoms with Crippen molar-refractivity contribution in [1.29, 1.82) is 0 Å². The van der Waals surface area contributed by atoms with Gasteiger partial charge in [0.15, 0.2) is 0 Å². The van der Waals surface area contributed by atoms with E-state index in [-0.39, 0.29) is 0 Å². The minimum absolute atomic E-state index is 0.493. The Bertz CT molecular complexity index is 1550. The summed E-state index contributed by atoms with van der Waals surface area (Å²) in [6.45, 7) is 6.09. The molecule has 0 saturated carbocycles. The van der Waals surface area contributed by atoms with Crippen LogP contribution in [0, 0.1) is 0 Å². The highest BCUT2D eigenvalue weighted by Gasteiger charge is 2.11. The summed E-state index contributed by atoms with van der Waals surface area (Å²) in [6.07, 6.45) is 4.51. The number of nitrogens with zero attached hydrogens (tertiary/aromatic N) is 4. The van der Waals surface area contributed by atoms with Crippen molar-refractivity contribution >= 4 is 11.6 Å². The van der Waals surface area contributed by atoms with Gasteiger partial charge in [-0.2, -0.15) is 0 Å². The van der Waals surface area contributed by atoms with Crippen LogP contribution >= 0.6 is 0 Å². The molecule has 0 unspecified atom stereocenters. The summed E-state index contributed by atoms with van der Waals surface area (Å²) >= 11 is 0. The fraction of sp³-hybridized carbons (Fsp3) is 0.219. The zero-order valence-electron chi connectivity index (χ0n) is 22.8. The van der Waals surface area contributed by atoms with Crippen LogP contribution in [0.4, 0.5) is 11.6 Å². The first-order chi connectivity index (χ1) is 20.3. The lowest BCUT2D eigenvalue weighted by Crippen LogP contribution is -2.43. The van der Waals surface area contributed by atoms with Gasteiger partial charge >= 0.3 is 0 Å². The molecule has 0 radical (unpaired) electrons. The van der Waals surface area contributed by atoms with Crippen LogP contribution in [-0.4, -0.2) is 64.2 Å². The smallest absolute Gasteiger partial charge is 0.227 e. The van der Waals surface area contributed by atoms with Crippen molar-refractivity contribution in [3.63, 3.8) is 0 Å². The van der Waals surface area contributed by atoms with Gasteiger partial charge in [-0.15, -0.1) is 0 Å². The number of rotatable bonds is 11. The molecular weight excluding hydrogens is 514 g/mol. The molecule has 9 nitrogen and oxygen atoms in total. The molecule has 9 heteroatoms. The molecule has 0 aliphatic carbocycles. The van der Waals surface area contributed by atoms with Crippen LogP contribution in [0.25, 0.3) is 22.8 Å². The quantitative estimate of drug-likeness (QED) is 0.180. The lowest BCUT2D eigenvalue weighted by Gasteiger charge is -2.26. The molecule has 3 heterocycles. The number of para-hydroxylation sites is 1. The SMILES string of the molecule is c1ccc(Oc2cccc(-c3ncc(-c4ccnc(Nc5cccc(OCCCN6CCNCC6)c5)n4)[nH]3)c2)cc1. The number of hydrogen-bond acceptors (Lipinski definition) is 8. The van der Waals surface area contributed by atoms with Gasteiger partial charge in [0.2, 0.25) is 5.95 Å². The van der Waals surface area contributed by atoms with E-state index in [0.717, 1.165) is 84.9 Å². The highest BCUT2D eigenvalue weighted by molar-refractivity contribution is 5.64. The van der Waals surface area contributed by atoms with Gasteiger partial charge in [0.05, 0.1) is 24.2 Å². The minimum Gasteiger partial charge on any atom is -0.493 e. The summed E-state index contributed by atoms with van der Waals surface area (Å²) in [4.78, 5) is 19.6. The van der Waals surface area contributed by atoms with E-state index in [9.17, 15) is 0 Å². The highest BCUT2D eigenvalue weighted by Crippen LogP contribution is 2.28. The van der Waals surface area contributed by atoms with Crippen molar-refractivity contribution in [3.8, 4) is 40.0 Å². The number of imidazole rings is 1. The molecule has 2 aromatic heterocycles. The van der Waals surface area contributed by atoms with Crippen molar-refractivity contribution in [3.05, 3.63) is 97.3 Å². The Morgan fingerprint density at radius 2 is 1.66 bits per heavy atom. The first-order valence-electron chi connectivity index (χ1n) is 13.9. The van der Waals surface area contributed by atoms with Crippen molar-refractivity contribution in [1.82, 2.24) is 30.2 Å². The van der Waals surface area contributed by atoms with Gasteiger partial charge in [-0.1, -0.05) is 36.4 Å². The van der Waals surface area contributed by atoms with Crippen LogP contribution in [0.15, 0.2) is 97.3 Å². The van der Waals surface area contributed by atoms with E-state index in [0.29, 0.717) is 12.6 Å². The molecule has 1 aliphatic heterocycles. The molecule has 3 N–H and O–H groups in total. The van der Waals surface area contributed by atoms with Crippen molar-refractivity contribution in [2.45, 2.75) is 6.42 Å². The highest BCUT2D eigenvalue weighted by atomic mass is 16.5. The zero-order valence-corrected chi connectivity index (χ0v) is 22.8. The Morgan fingerprint density at radius 1 is 0.829 bits per heavy atom. The first kappa shape index (κ1) is 26.5. The molecule has 3 aromatic carbocycles. The Kier molecular flexibility index (Phi) is 8.45. The van der Waals surface area contributed by atoms with Gasteiger partial charge in [0, 0.05) is 56.2 Å². The molecule has 0 spiro atoms. The number of piperazine rings is 1. The predicted molar refractivity (Wildman–Crippen MR) is 161 cm³/mol. The second-order valence-electron chi connectivity index (χ2n) is 9.80. The summed E-state index contributed by atoms with van der Waals surface area (Å²) in [5.74, 6) is 3.57. The van der Waals surface area contributed by atoms with Crippen LogP contribution in [-0.2, 0) is 0 Å².